The van der Waals surface area contributed by atoms with Crippen LogP contribution in [-0.4, -0.2) is 43.8 Å². The molecule has 0 amide bonds. The highest BCUT2D eigenvalue weighted by atomic mass is 16.7. The molecule has 0 aliphatic carbocycles. The van der Waals surface area contributed by atoms with Crippen molar-refractivity contribution in [1.82, 2.24) is 0 Å². The molecule has 3 atom stereocenters. The van der Waals surface area contributed by atoms with Crippen molar-refractivity contribution in [2.24, 2.45) is 0 Å². The summed E-state index contributed by atoms with van der Waals surface area (Å²) in [7, 11) is 1.32. The van der Waals surface area contributed by atoms with Crippen molar-refractivity contribution >= 4 is 18.2 Å². The fourth-order valence-electron chi connectivity index (χ4n) is 1.51. The van der Waals surface area contributed by atoms with Crippen LogP contribution in [0.2, 0.25) is 0 Å². The maximum absolute atomic E-state index is 11.0. The van der Waals surface area contributed by atoms with Crippen LogP contribution in [0.5, 0.6) is 0 Å². The maximum Gasteiger partial charge on any atom is 0.303 e. The van der Waals surface area contributed by atoms with Crippen LogP contribution in [0.1, 0.15) is 13.8 Å². The van der Waals surface area contributed by atoms with Gasteiger partial charge in [0.25, 0.3) is 0 Å². The van der Waals surface area contributed by atoms with Gasteiger partial charge in [-0.3, -0.25) is 14.4 Å². The second-order valence-electron chi connectivity index (χ2n) is 3.56. The number of hydrogen-bond acceptors (Lipinski definition) is 7. The molecular formula is C11H14O7. The van der Waals surface area contributed by atoms with Gasteiger partial charge in [0.05, 0.1) is 0 Å². The fraction of sp³-hybridized carbons (Fsp3) is 0.545. The second kappa shape index (κ2) is 6.15. The van der Waals surface area contributed by atoms with Gasteiger partial charge in [0, 0.05) is 27.0 Å². The van der Waals surface area contributed by atoms with Gasteiger partial charge < -0.3 is 18.9 Å². The van der Waals surface area contributed by atoms with Crippen LogP contribution >= 0.6 is 0 Å². The lowest BCUT2D eigenvalue weighted by Gasteiger charge is -2.33. The van der Waals surface area contributed by atoms with E-state index < -0.39 is 30.4 Å². The van der Waals surface area contributed by atoms with E-state index >= 15 is 0 Å². The number of ether oxygens (including phenoxy) is 4. The van der Waals surface area contributed by atoms with Crippen molar-refractivity contribution in [2.75, 3.05) is 7.11 Å². The fourth-order valence-corrected chi connectivity index (χ4v) is 1.51. The van der Waals surface area contributed by atoms with Gasteiger partial charge in [0.15, 0.2) is 18.1 Å². The van der Waals surface area contributed by atoms with Crippen molar-refractivity contribution in [3.05, 3.63) is 11.8 Å². The molecule has 0 spiro atoms. The average molecular weight is 258 g/mol. The Morgan fingerprint density at radius 2 is 1.89 bits per heavy atom. The molecule has 1 heterocycles. The number of carbonyl (C=O) groups is 3. The lowest BCUT2D eigenvalue weighted by molar-refractivity contribution is -0.214. The number of allylic oxidation sites excluding steroid dienone is 1. The first-order valence-corrected chi connectivity index (χ1v) is 5.18. The summed E-state index contributed by atoms with van der Waals surface area (Å²) in [5.74, 6) is -1.20. The third kappa shape index (κ3) is 3.56. The molecule has 0 bridgehead atoms. The normalized spacial score (nSPS) is 26.6. The summed E-state index contributed by atoms with van der Waals surface area (Å²) < 4.78 is 20.0. The molecule has 3 unspecified atom stereocenters. The minimum atomic E-state index is -1.01. The summed E-state index contributed by atoms with van der Waals surface area (Å²) in [5, 5.41) is 0. The molecule has 1 rings (SSSR count). The van der Waals surface area contributed by atoms with Crippen LogP contribution in [0, 0.1) is 0 Å². The Balaban J connectivity index is 2.97. The zero-order valence-corrected chi connectivity index (χ0v) is 10.2. The monoisotopic (exact) mass is 258 g/mol. The molecule has 1 aliphatic heterocycles. The van der Waals surface area contributed by atoms with Gasteiger partial charge >= 0.3 is 11.9 Å². The molecule has 0 radical (unpaired) electrons. The molecule has 100 valence electrons. The van der Waals surface area contributed by atoms with Crippen LogP contribution < -0.4 is 0 Å². The predicted molar refractivity (Wildman–Crippen MR) is 57.1 cm³/mol. The summed E-state index contributed by atoms with van der Waals surface area (Å²) >= 11 is 0. The van der Waals surface area contributed by atoms with Crippen LogP contribution in [-0.2, 0) is 33.3 Å². The molecule has 0 fully saturated rings. The van der Waals surface area contributed by atoms with E-state index in [1.165, 1.54) is 27.0 Å². The smallest absolute Gasteiger partial charge is 0.303 e. The molecule has 0 N–H and O–H groups in total. The molecule has 1 aliphatic rings. The van der Waals surface area contributed by atoms with Crippen LogP contribution in [0.3, 0.4) is 0 Å². The van der Waals surface area contributed by atoms with E-state index in [4.69, 9.17) is 18.9 Å². The van der Waals surface area contributed by atoms with E-state index in [9.17, 15) is 14.4 Å². The minimum Gasteiger partial charge on any atom is -0.457 e. The van der Waals surface area contributed by atoms with Gasteiger partial charge in [0.2, 0.25) is 12.4 Å². The lowest BCUT2D eigenvalue weighted by Crippen LogP contribution is -2.47. The first-order chi connectivity index (χ1) is 8.47. The molecule has 0 saturated carbocycles. The van der Waals surface area contributed by atoms with Crippen molar-refractivity contribution < 1.29 is 33.3 Å². The number of esters is 2. The van der Waals surface area contributed by atoms with Gasteiger partial charge in [-0.1, -0.05) is 0 Å². The summed E-state index contributed by atoms with van der Waals surface area (Å²) in [5.41, 5.74) is 0. The van der Waals surface area contributed by atoms with Gasteiger partial charge in [-0.05, 0) is 0 Å². The highest BCUT2D eigenvalue weighted by Crippen LogP contribution is 2.23. The molecule has 0 aromatic rings. The Morgan fingerprint density at radius 3 is 2.33 bits per heavy atom. The summed E-state index contributed by atoms with van der Waals surface area (Å²) in [6.45, 7) is 2.41. The minimum absolute atomic E-state index is 0.0449. The predicted octanol–water partition coefficient (Wildman–Crippen LogP) is -0.0647. The quantitative estimate of drug-likeness (QED) is 0.515. The van der Waals surface area contributed by atoms with E-state index in [-0.39, 0.29) is 5.76 Å². The SMILES string of the molecule is COC1OC(C=O)=CC(OC(C)=O)C1OC(C)=O. The van der Waals surface area contributed by atoms with E-state index in [2.05, 4.69) is 0 Å². The zero-order valence-electron chi connectivity index (χ0n) is 10.2. The Labute approximate surface area is 104 Å². The standard InChI is InChI=1S/C11H14O7/c1-6(13)16-9-4-8(5-12)18-11(15-3)10(9)17-7(2)14/h4-5,9-11H,1-3H3. The van der Waals surface area contributed by atoms with E-state index in [1.54, 1.807) is 0 Å². The highest BCUT2D eigenvalue weighted by Gasteiger charge is 2.39. The zero-order chi connectivity index (χ0) is 13.7. The van der Waals surface area contributed by atoms with Crippen LogP contribution in [0.25, 0.3) is 0 Å². The molecule has 0 aromatic carbocycles. The third-order valence-corrected chi connectivity index (χ3v) is 2.13. The maximum atomic E-state index is 11.0. The van der Waals surface area contributed by atoms with Gasteiger partial charge in [0.1, 0.15) is 0 Å². The molecular weight excluding hydrogens is 244 g/mol. The molecule has 7 nitrogen and oxygen atoms in total. The van der Waals surface area contributed by atoms with Gasteiger partial charge in [-0.2, -0.15) is 0 Å². The van der Waals surface area contributed by atoms with Crippen molar-refractivity contribution in [2.45, 2.75) is 32.3 Å². The number of methoxy groups -OCH3 is 1. The van der Waals surface area contributed by atoms with E-state index in [1.807, 2.05) is 0 Å². The summed E-state index contributed by atoms with van der Waals surface area (Å²) in [6, 6.07) is 0. The van der Waals surface area contributed by atoms with Gasteiger partial charge in [-0.15, -0.1) is 0 Å². The van der Waals surface area contributed by atoms with E-state index in [0.717, 1.165) is 0 Å². The topological polar surface area (TPSA) is 88.1 Å². The van der Waals surface area contributed by atoms with Gasteiger partial charge in [-0.25, -0.2) is 0 Å². The second-order valence-corrected chi connectivity index (χ2v) is 3.56. The van der Waals surface area contributed by atoms with Crippen molar-refractivity contribution in [1.29, 1.82) is 0 Å². The summed E-state index contributed by atoms with van der Waals surface area (Å²) in [6.07, 6.45) is -1.18. The Bertz CT molecular complexity index is 374. The number of hydrogen-bond donors (Lipinski definition) is 0. The number of carbonyl (C=O) groups excluding carboxylic acids is 3. The van der Waals surface area contributed by atoms with Crippen LogP contribution in [0.15, 0.2) is 11.8 Å². The van der Waals surface area contributed by atoms with Crippen molar-refractivity contribution in [3.8, 4) is 0 Å². The Hall–Kier alpha value is -1.89. The number of rotatable bonds is 4. The molecule has 18 heavy (non-hydrogen) atoms. The molecule has 7 heteroatoms. The number of aldehydes is 1. The van der Waals surface area contributed by atoms with Crippen LogP contribution in [0.4, 0.5) is 0 Å². The first kappa shape index (κ1) is 14.2. The Morgan fingerprint density at radius 1 is 1.28 bits per heavy atom. The largest absolute Gasteiger partial charge is 0.457 e. The highest BCUT2D eigenvalue weighted by molar-refractivity contribution is 5.72. The Kier molecular flexibility index (Phi) is 4.85. The molecule has 0 aromatic heterocycles. The van der Waals surface area contributed by atoms with E-state index in [0.29, 0.717) is 6.29 Å². The third-order valence-electron chi connectivity index (χ3n) is 2.13. The summed E-state index contributed by atoms with van der Waals surface area (Å²) in [4.78, 5) is 32.6. The average Bonchev–Trinajstić information content (AvgIpc) is 2.29. The molecule has 0 saturated heterocycles. The first-order valence-electron chi connectivity index (χ1n) is 5.18. The van der Waals surface area contributed by atoms with Crippen molar-refractivity contribution in [3.63, 3.8) is 0 Å². The lowest BCUT2D eigenvalue weighted by atomic mass is 10.1.